The van der Waals surface area contributed by atoms with Crippen molar-refractivity contribution >= 4 is 24.7 Å². The largest absolute Gasteiger partial charge is 0.433 e. The number of halogens is 1. The van der Waals surface area contributed by atoms with E-state index in [1.165, 1.54) is 6.92 Å². The van der Waals surface area contributed by atoms with Crippen molar-refractivity contribution in [1.29, 1.82) is 0 Å². The summed E-state index contributed by atoms with van der Waals surface area (Å²) in [5, 5.41) is 1.93. The molecule has 0 radical (unpaired) electrons. The van der Waals surface area contributed by atoms with Crippen molar-refractivity contribution in [3.05, 3.63) is 60.7 Å². The SMILES string of the molecule is CC(=O)O[C@@H]1O[C@@H](O[Si](c2ccccc2)(c2ccccc2)C(C)(C)C)C[C@H]1F. The van der Waals surface area contributed by atoms with Crippen molar-refractivity contribution in [3.8, 4) is 0 Å². The van der Waals surface area contributed by atoms with E-state index < -0.39 is 33.0 Å². The lowest BCUT2D eigenvalue weighted by Gasteiger charge is -2.44. The van der Waals surface area contributed by atoms with Crippen LogP contribution in [0.25, 0.3) is 0 Å². The molecule has 1 aliphatic rings. The van der Waals surface area contributed by atoms with Crippen molar-refractivity contribution in [3.63, 3.8) is 0 Å². The van der Waals surface area contributed by atoms with E-state index >= 15 is 0 Å². The standard InChI is InChI=1S/C22H27FO4Si/c1-16(24)25-21-19(23)15-20(26-21)27-28(22(2,3)4,17-11-7-5-8-12-17)18-13-9-6-10-14-18/h5-14,19-21H,15H2,1-4H3/t19-,20+,21-/m1/s1. The van der Waals surface area contributed by atoms with Gasteiger partial charge in [0, 0.05) is 13.3 Å². The number of carbonyl (C=O) groups is 1. The monoisotopic (exact) mass is 402 g/mol. The van der Waals surface area contributed by atoms with Gasteiger partial charge in [0.1, 0.15) is 0 Å². The first-order valence-corrected chi connectivity index (χ1v) is 11.4. The van der Waals surface area contributed by atoms with Gasteiger partial charge in [-0.05, 0) is 15.4 Å². The molecular weight excluding hydrogens is 375 g/mol. The molecule has 2 aromatic rings. The molecule has 1 saturated heterocycles. The summed E-state index contributed by atoms with van der Waals surface area (Å²) in [7, 11) is -2.85. The van der Waals surface area contributed by atoms with Crippen LogP contribution in [0.15, 0.2) is 60.7 Å². The molecule has 4 nitrogen and oxygen atoms in total. The van der Waals surface area contributed by atoms with E-state index in [-0.39, 0.29) is 11.5 Å². The van der Waals surface area contributed by atoms with Crippen molar-refractivity contribution in [1.82, 2.24) is 0 Å². The summed E-state index contributed by atoms with van der Waals surface area (Å²) in [6, 6.07) is 20.2. The molecule has 1 heterocycles. The molecule has 0 spiro atoms. The smallest absolute Gasteiger partial charge is 0.305 e. The van der Waals surface area contributed by atoms with Crippen LogP contribution in [-0.2, 0) is 18.7 Å². The Morgan fingerprint density at radius 2 is 1.54 bits per heavy atom. The zero-order chi connectivity index (χ0) is 20.4. The lowest BCUT2D eigenvalue weighted by Crippen LogP contribution is -2.67. The Bertz CT molecular complexity index is 752. The third-order valence-electron chi connectivity index (χ3n) is 5.01. The highest BCUT2D eigenvalue weighted by atomic mass is 28.4. The summed E-state index contributed by atoms with van der Waals surface area (Å²) < 4.78 is 31.7. The van der Waals surface area contributed by atoms with Crippen LogP contribution in [0.3, 0.4) is 0 Å². The van der Waals surface area contributed by atoms with Crippen LogP contribution in [0.2, 0.25) is 5.04 Å². The molecule has 0 amide bonds. The second kappa shape index (κ2) is 8.15. The van der Waals surface area contributed by atoms with Gasteiger partial charge in [-0.25, -0.2) is 4.39 Å². The molecule has 0 N–H and O–H groups in total. The number of hydrogen-bond donors (Lipinski definition) is 0. The molecule has 28 heavy (non-hydrogen) atoms. The fraction of sp³-hybridized carbons (Fsp3) is 0.409. The second-order valence-corrected chi connectivity index (χ2v) is 12.3. The molecule has 3 atom stereocenters. The number of rotatable bonds is 5. The zero-order valence-electron chi connectivity index (χ0n) is 16.7. The van der Waals surface area contributed by atoms with Crippen LogP contribution in [-0.4, -0.2) is 33.0 Å². The molecule has 1 fully saturated rings. The maximum atomic E-state index is 14.4. The van der Waals surface area contributed by atoms with E-state index in [2.05, 4.69) is 45.0 Å². The van der Waals surface area contributed by atoms with Crippen LogP contribution in [0.1, 0.15) is 34.1 Å². The average molecular weight is 403 g/mol. The van der Waals surface area contributed by atoms with Gasteiger partial charge in [-0.1, -0.05) is 81.4 Å². The number of esters is 1. The number of hydrogen-bond acceptors (Lipinski definition) is 4. The molecule has 0 unspecified atom stereocenters. The van der Waals surface area contributed by atoms with Gasteiger partial charge in [0.25, 0.3) is 8.32 Å². The molecule has 0 aromatic heterocycles. The first-order valence-electron chi connectivity index (χ1n) is 9.49. The summed E-state index contributed by atoms with van der Waals surface area (Å²) in [5.74, 6) is -0.571. The fourth-order valence-electron chi connectivity index (χ4n) is 3.81. The predicted molar refractivity (Wildman–Crippen MR) is 109 cm³/mol. The minimum absolute atomic E-state index is 0.0302. The van der Waals surface area contributed by atoms with Gasteiger partial charge in [-0.15, -0.1) is 0 Å². The normalized spacial score (nSPS) is 22.8. The summed E-state index contributed by atoms with van der Waals surface area (Å²) in [6.45, 7) is 7.67. The Labute approximate surface area is 166 Å². The van der Waals surface area contributed by atoms with Crippen LogP contribution < -0.4 is 10.4 Å². The highest BCUT2D eigenvalue weighted by Gasteiger charge is 2.53. The molecule has 6 heteroatoms. The predicted octanol–water partition coefficient (Wildman–Crippen LogP) is 3.54. The van der Waals surface area contributed by atoms with Gasteiger partial charge in [0.2, 0.25) is 6.29 Å². The second-order valence-electron chi connectivity index (χ2n) is 8.08. The van der Waals surface area contributed by atoms with Gasteiger partial charge in [-0.3, -0.25) is 4.79 Å². The van der Waals surface area contributed by atoms with Crippen LogP contribution in [0.5, 0.6) is 0 Å². The molecule has 2 aromatic carbocycles. The van der Waals surface area contributed by atoms with Gasteiger partial charge >= 0.3 is 5.97 Å². The average Bonchev–Trinajstić information content (AvgIpc) is 2.98. The minimum atomic E-state index is -2.85. The topological polar surface area (TPSA) is 44.8 Å². The van der Waals surface area contributed by atoms with Crippen molar-refractivity contribution in [2.24, 2.45) is 0 Å². The zero-order valence-corrected chi connectivity index (χ0v) is 17.7. The summed E-state index contributed by atoms with van der Waals surface area (Å²) in [4.78, 5) is 11.2. The summed E-state index contributed by atoms with van der Waals surface area (Å²) in [5.41, 5.74) is 0. The number of alkyl halides is 1. The van der Waals surface area contributed by atoms with E-state index in [0.717, 1.165) is 10.4 Å². The first-order chi connectivity index (χ1) is 13.2. The number of carbonyl (C=O) groups excluding carboxylic acids is 1. The molecule has 0 bridgehead atoms. The Morgan fingerprint density at radius 1 is 1.04 bits per heavy atom. The van der Waals surface area contributed by atoms with Gasteiger partial charge < -0.3 is 13.9 Å². The lowest BCUT2D eigenvalue weighted by atomic mass is 10.2. The maximum absolute atomic E-state index is 14.4. The Balaban J connectivity index is 2.04. The highest BCUT2D eigenvalue weighted by molar-refractivity contribution is 6.99. The van der Waals surface area contributed by atoms with Crippen molar-refractivity contribution in [2.45, 2.75) is 57.9 Å². The molecule has 0 saturated carbocycles. The Hall–Kier alpha value is -2.02. The van der Waals surface area contributed by atoms with Gasteiger partial charge in [-0.2, -0.15) is 0 Å². The summed E-state index contributed by atoms with van der Waals surface area (Å²) >= 11 is 0. The third kappa shape index (κ3) is 4.04. The molecule has 0 aliphatic carbocycles. The molecule has 150 valence electrons. The molecule has 1 aliphatic heterocycles. The van der Waals surface area contributed by atoms with E-state index in [1.807, 2.05) is 36.4 Å². The van der Waals surface area contributed by atoms with Crippen LogP contribution in [0, 0.1) is 0 Å². The number of benzene rings is 2. The van der Waals surface area contributed by atoms with E-state index in [1.54, 1.807) is 0 Å². The lowest BCUT2D eigenvalue weighted by molar-refractivity contribution is -0.197. The third-order valence-corrected chi connectivity index (χ3v) is 10.0. The van der Waals surface area contributed by atoms with E-state index in [4.69, 9.17) is 13.9 Å². The van der Waals surface area contributed by atoms with Gasteiger partial charge in [0.15, 0.2) is 12.5 Å². The van der Waals surface area contributed by atoms with Crippen molar-refractivity contribution < 1.29 is 23.1 Å². The minimum Gasteiger partial charge on any atom is -0.433 e. The van der Waals surface area contributed by atoms with Gasteiger partial charge in [0.05, 0.1) is 0 Å². The quantitative estimate of drug-likeness (QED) is 0.567. The molecule has 3 rings (SSSR count). The maximum Gasteiger partial charge on any atom is 0.305 e. The molecular formula is C22H27FO4Si. The summed E-state index contributed by atoms with van der Waals surface area (Å²) in [6.07, 6.45) is -3.39. The first kappa shape index (κ1) is 20.7. The Morgan fingerprint density at radius 3 is 1.96 bits per heavy atom. The fourth-order valence-corrected chi connectivity index (χ4v) is 8.38. The van der Waals surface area contributed by atoms with Crippen molar-refractivity contribution in [2.75, 3.05) is 0 Å². The Kier molecular flexibility index (Phi) is 6.03. The van der Waals surface area contributed by atoms with Crippen LogP contribution in [0.4, 0.5) is 4.39 Å². The van der Waals surface area contributed by atoms with E-state index in [9.17, 15) is 9.18 Å². The highest BCUT2D eigenvalue weighted by Crippen LogP contribution is 2.39. The number of ether oxygens (including phenoxy) is 2. The van der Waals surface area contributed by atoms with E-state index in [0.29, 0.717) is 0 Å². The van der Waals surface area contributed by atoms with Crippen LogP contribution >= 0.6 is 0 Å².